The Hall–Kier alpha value is -0.610. The van der Waals surface area contributed by atoms with E-state index in [0.29, 0.717) is 0 Å². The molecule has 4 heteroatoms. The molecule has 4 nitrogen and oxygen atoms in total. The van der Waals surface area contributed by atoms with E-state index in [-0.39, 0.29) is 11.9 Å². The molecule has 82 valence electrons. The second-order valence-electron chi connectivity index (χ2n) is 4.10. The third-order valence-electron chi connectivity index (χ3n) is 2.72. The lowest BCUT2D eigenvalue weighted by molar-refractivity contribution is -0.131. The van der Waals surface area contributed by atoms with E-state index in [1.807, 2.05) is 7.05 Å². The van der Waals surface area contributed by atoms with Crippen LogP contribution in [0.3, 0.4) is 0 Å². The Labute approximate surface area is 86.0 Å². The van der Waals surface area contributed by atoms with Crippen LogP contribution >= 0.6 is 0 Å². The Balaban J connectivity index is 2.19. The molecule has 0 radical (unpaired) electrons. The summed E-state index contributed by atoms with van der Waals surface area (Å²) in [5, 5.41) is 0. The second kappa shape index (κ2) is 5.32. The minimum Gasteiger partial charge on any atom is -0.343 e. The number of likely N-dealkylation sites (N-methyl/N-ethyl adjacent to an activating group) is 1. The summed E-state index contributed by atoms with van der Waals surface area (Å²) in [4.78, 5) is 15.5. The SMILES string of the molecule is C[C@H](N)C(=O)N(C)CCN1CCCC1. The average Bonchev–Trinajstić information content (AvgIpc) is 2.65. The van der Waals surface area contributed by atoms with Crippen LogP contribution in [0.25, 0.3) is 0 Å². The van der Waals surface area contributed by atoms with Crippen LogP contribution in [0.15, 0.2) is 0 Å². The lowest BCUT2D eigenvalue weighted by atomic mass is 10.3. The molecule has 1 aliphatic heterocycles. The molecule has 1 saturated heterocycles. The maximum absolute atomic E-state index is 11.4. The molecule has 1 fully saturated rings. The van der Waals surface area contributed by atoms with Crippen molar-refractivity contribution >= 4 is 5.91 Å². The van der Waals surface area contributed by atoms with E-state index in [1.165, 1.54) is 25.9 Å². The lowest BCUT2D eigenvalue weighted by Gasteiger charge is -2.22. The highest BCUT2D eigenvalue weighted by Gasteiger charge is 2.16. The molecule has 1 aliphatic rings. The van der Waals surface area contributed by atoms with Crippen LogP contribution < -0.4 is 5.73 Å². The van der Waals surface area contributed by atoms with Gasteiger partial charge in [0.1, 0.15) is 0 Å². The standard InChI is InChI=1S/C10H21N3O/c1-9(11)10(14)12(2)7-8-13-5-3-4-6-13/h9H,3-8,11H2,1-2H3/t9-/m0/s1. The van der Waals surface area contributed by atoms with Gasteiger partial charge >= 0.3 is 0 Å². The molecule has 0 aromatic heterocycles. The van der Waals surface area contributed by atoms with E-state index in [2.05, 4.69) is 4.90 Å². The number of hydrogen-bond donors (Lipinski definition) is 1. The molecule has 1 rings (SSSR count). The fourth-order valence-electron chi connectivity index (χ4n) is 1.76. The number of rotatable bonds is 4. The summed E-state index contributed by atoms with van der Waals surface area (Å²) in [5.41, 5.74) is 5.52. The van der Waals surface area contributed by atoms with E-state index < -0.39 is 0 Å². The molecule has 1 atom stereocenters. The van der Waals surface area contributed by atoms with Crippen LogP contribution in [0.2, 0.25) is 0 Å². The molecule has 14 heavy (non-hydrogen) atoms. The first-order chi connectivity index (χ1) is 6.61. The van der Waals surface area contributed by atoms with Crippen LogP contribution in [-0.4, -0.2) is 55.0 Å². The van der Waals surface area contributed by atoms with E-state index >= 15 is 0 Å². The smallest absolute Gasteiger partial charge is 0.238 e. The van der Waals surface area contributed by atoms with Crippen molar-refractivity contribution in [2.45, 2.75) is 25.8 Å². The van der Waals surface area contributed by atoms with Gasteiger partial charge in [0.25, 0.3) is 0 Å². The Morgan fingerprint density at radius 3 is 2.57 bits per heavy atom. The number of carbonyl (C=O) groups excluding carboxylic acids is 1. The molecule has 0 bridgehead atoms. The van der Waals surface area contributed by atoms with Gasteiger partial charge in [0.2, 0.25) is 5.91 Å². The van der Waals surface area contributed by atoms with Crippen LogP contribution in [-0.2, 0) is 4.79 Å². The van der Waals surface area contributed by atoms with Crippen molar-refractivity contribution in [3.8, 4) is 0 Å². The molecule has 2 N–H and O–H groups in total. The quantitative estimate of drug-likeness (QED) is 0.687. The normalized spacial score (nSPS) is 19.6. The van der Waals surface area contributed by atoms with Crippen molar-refractivity contribution < 1.29 is 4.79 Å². The Kier molecular flexibility index (Phi) is 4.35. The Morgan fingerprint density at radius 1 is 1.50 bits per heavy atom. The van der Waals surface area contributed by atoms with Gasteiger partial charge in [-0.3, -0.25) is 4.79 Å². The number of nitrogens with two attached hydrogens (primary N) is 1. The zero-order chi connectivity index (χ0) is 10.6. The van der Waals surface area contributed by atoms with Gasteiger partial charge in [0, 0.05) is 20.1 Å². The highest BCUT2D eigenvalue weighted by Crippen LogP contribution is 2.06. The lowest BCUT2D eigenvalue weighted by Crippen LogP contribution is -2.42. The highest BCUT2D eigenvalue weighted by atomic mass is 16.2. The number of hydrogen-bond acceptors (Lipinski definition) is 3. The zero-order valence-electron chi connectivity index (χ0n) is 9.20. The summed E-state index contributed by atoms with van der Waals surface area (Å²) in [6.45, 7) is 5.87. The van der Waals surface area contributed by atoms with Gasteiger partial charge in [-0.15, -0.1) is 0 Å². The zero-order valence-corrected chi connectivity index (χ0v) is 9.20. The van der Waals surface area contributed by atoms with Gasteiger partial charge in [-0.2, -0.15) is 0 Å². The monoisotopic (exact) mass is 199 g/mol. The maximum atomic E-state index is 11.4. The van der Waals surface area contributed by atoms with E-state index in [1.54, 1.807) is 11.8 Å². The highest BCUT2D eigenvalue weighted by molar-refractivity contribution is 5.80. The van der Waals surface area contributed by atoms with Gasteiger partial charge in [-0.1, -0.05) is 0 Å². The number of likely N-dealkylation sites (tertiary alicyclic amines) is 1. The largest absolute Gasteiger partial charge is 0.343 e. The van der Waals surface area contributed by atoms with Gasteiger partial charge in [-0.05, 0) is 32.9 Å². The first-order valence-corrected chi connectivity index (χ1v) is 5.34. The van der Waals surface area contributed by atoms with Crippen LogP contribution in [0.1, 0.15) is 19.8 Å². The van der Waals surface area contributed by atoms with Crippen molar-refractivity contribution in [3.63, 3.8) is 0 Å². The van der Waals surface area contributed by atoms with Crippen molar-refractivity contribution in [2.75, 3.05) is 33.2 Å². The van der Waals surface area contributed by atoms with E-state index in [4.69, 9.17) is 5.73 Å². The number of nitrogens with zero attached hydrogens (tertiary/aromatic N) is 2. The third-order valence-corrected chi connectivity index (χ3v) is 2.72. The fraction of sp³-hybridized carbons (Fsp3) is 0.900. The molecular weight excluding hydrogens is 178 g/mol. The first-order valence-electron chi connectivity index (χ1n) is 5.34. The number of amides is 1. The molecule has 1 amide bonds. The third kappa shape index (κ3) is 3.27. The van der Waals surface area contributed by atoms with Crippen LogP contribution in [0, 0.1) is 0 Å². The van der Waals surface area contributed by atoms with Crippen LogP contribution in [0.4, 0.5) is 0 Å². The summed E-state index contributed by atoms with van der Waals surface area (Å²) < 4.78 is 0. The van der Waals surface area contributed by atoms with Gasteiger partial charge in [0.15, 0.2) is 0 Å². The van der Waals surface area contributed by atoms with Crippen molar-refractivity contribution in [2.24, 2.45) is 5.73 Å². The molecule has 0 aromatic carbocycles. The van der Waals surface area contributed by atoms with E-state index in [0.717, 1.165) is 13.1 Å². The van der Waals surface area contributed by atoms with Crippen molar-refractivity contribution in [1.82, 2.24) is 9.80 Å². The van der Waals surface area contributed by atoms with Crippen LogP contribution in [0.5, 0.6) is 0 Å². The van der Waals surface area contributed by atoms with Gasteiger partial charge < -0.3 is 15.5 Å². The first kappa shape index (κ1) is 11.5. The van der Waals surface area contributed by atoms with Gasteiger partial charge in [-0.25, -0.2) is 0 Å². The predicted molar refractivity (Wildman–Crippen MR) is 57.0 cm³/mol. The summed E-state index contributed by atoms with van der Waals surface area (Å²) in [7, 11) is 1.82. The summed E-state index contributed by atoms with van der Waals surface area (Å²) in [6, 6.07) is -0.376. The molecule has 0 saturated carbocycles. The second-order valence-corrected chi connectivity index (χ2v) is 4.10. The molecule has 0 aliphatic carbocycles. The fourth-order valence-corrected chi connectivity index (χ4v) is 1.76. The summed E-state index contributed by atoms with van der Waals surface area (Å²) in [5.74, 6) is 0.0317. The molecule has 1 heterocycles. The molecule has 0 aromatic rings. The Bertz CT molecular complexity index is 188. The van der Waals surface area contributed by atoms with Gasteiger partial charge in [0.05, 0.1) is 6.04 Å². The molecule has 0 unspecified atom stereocenters. The molecular formula is C10H21N3O. The minimum absolute atomic E-state index is 0.0317. The van der Waals surface area contributed by atoms with Crippen molar-refractivity contribution in [3.05, 3.63) is 0 Å². The predicted octanol–water partition coefficient (Wildman–Crippen LogP) is -0.112. The topological polar surface area (TPSA) is 49.6 Å². The molecule has 0 spiro atoms. The van der Waals surface area contributed by atoms with E-state index in [9.17, 15) is 4.79 Å². The summed E-state index contributed by atoms with van der Waals surface area (Å²) in [6.07, 6.45) is 2.59. The Morgan fingerprint density at radius 2 is 2.07 bits per heavy atom. The maximum Gasteiger partial charge on any atom is 0.238 e. The number of carbonyl (C=O) groups is 1. The summed E-state index contributed by atoms with van der Waals surface area (Å²) >= 11 is 0. The average molecular weight is 199 g/mol. The van der Waals surface area contributed by atoms with Crippen molar-refractivity contribution in [1.29, 1.82) is 0 Å². The minimum atomic E-state index is -0.376.